The molecule has 0 amide bonds. The highest BCUT2D eigenvalue weighted by Gasteiger charge is 2.01. The second-order valence-corrected chi connectivity index (χ2v) is 2.77. The van der Waals surface area contributed by atoms with Crippen molar-refractivity contribution in [3.63, 3.8) is 0 Å². The van der Waals surface area contributed by atoms with E-state index in [0.717, 1.165) is 5.69 Å². The zero-order valence-corrected chi connectivity index (χ0v) is 7.44. The summed E-state index contributed by atoms with van der Waals surface area (Å²) in [6, 6.07) is 0. The maximum Gasteiger partial charge on any atom is 0.194 e. The van der Waals surface area contributed by atoms with Gasteiger partial charge < -0.3 is 4.57 Å². The number of alkyl halides is 1. The van der Waals surface area contributed by atoms with Gasteiger partial charge >= 0.3 is 0 Å². The van der Waals surface area contributed by atoms with Crippen LogP contribution in [0.2, 0.25) is 0 Å². The third-order valence-corrected chi connectivity index (χ3v) is 1.81. The first-order valence-corrected chi connectivity index (χ1v) is 4.21. The summed E-state index contributed by atoms with van der Waals surface area (Å²) in [6.45, 7) is 0.556. The highest BCUT2D eigenvalue weighted by molar-refractivity contribution is 6.16. The van der Waals surface area contributed by atoms with Crippen LogP contribution in [0.4, 0.5) is 0 Å². The third-order valence-electron chi connectivity index (χ3n) is 1.54. The number of nitrogens with zero attached hydrogens (tertiary/aromatic N) is 5. The van der Waals surface area contributed by atoms with Gasteiger partial charge in [-0.3, -0.25) is 0 Å². The molecule has 2 heterocycles. The molecule has 13 heavy (non-hydrogen) atoms. The molecule has 0 aliphatic rings. The number of H-pyrrole nitrogens is 1. The molecule has 1 N–H and O–H groups in total. The Kier molecular flexibility index (Phi) is 2.22. The van der Waals surface area contributed by atoms with Crippen molar-refractivity contribution < 1.29 is 0 Å². The lowest BCUT2D eigenvalue weighted by molar-refractivity contribution is 0.745. The van der Waals surface area contributed by atoms with Gasteiger partial charge in [0.25, 0.3) is 0 Å². The number of nitrogens with one attached hydrogen (secondary N) is 1. The minimum atomic E-state index is 0.416. The number of aromatic nitrogens is 6. The quantitative estimate of drug-likeness (QED) is 0.715. The van der Waals surface area contributed by atoms with Gasteiger partial charge in [-0.1, -0.05) is 5.21 Å². The Balaban J connectivity index is 2.10. The number of hydrogen-bond acceptors (Lipinski definition) is 4. The summed E-state index contributed by atoms with van der Waals surface area (Å²) >= 11 is 5.60. The molecule has 0 bridgehead atoms. The molecule has 7 heteroatoms. The van der Waals surface area contributed by atoms with Gasteiger partial charge in [0.2, 0.25) is 0 Å². The van der Waals surface area contributed by atoms with Gasteiger partial charge in [0.1, 0.15) is 0 Å². The van der Waals surface area contributed by atoms with Gasteiger partial charge in [0, 0.05) is 6.20 Å². The fourth-order valence-corrected chi connectivity index (χ4v) is 1.11. The summed E-state index contributed by atoms with van der Waals surface area (Å²) < 4.78 is 1.85. The molecule has 0 spiro atoms. The molecular weight excluding hydrogens is 192 g/mol. The molecule has 68 valence electrons. The zero-order valence-electron chi connectivity index (χ0n) is 6.68. The Morgan fingerprint density at radius 1 is 1.54 bits per heavy atom. The van der Waals surface area contributed by atoms with Crippen molar-refractivity contribution >= 4 is 11.6 Å². The normalized spacial score (nSPS) is 10.5. The second kappa shape index (κ2) is 3.53. The van der Waals surface area contributed by atoms with Gasteiger partial charge in [0.05, 0.1) is 24.4 Å². The van der Waals surface area contributed by atoms with E-state index in [2.05, 4.69) is 25.6 Å². The van der Waals surface area contributed by atoms with Gasteiger partial charge in [-0.15, -0.1) is 21.8 Å². The summed E-state index contributed by atoms with van der Waals surface area (Å²) in [4.78, 5) is 4.06. The molecule has 0 aliphatic heterocycles. The lowest BCUT2D eigenvalue weighted by Crippen LogP contribution is -1.98. The summed E-state index contributed by atoms with van der Waals surface area (Å²) in [5.41, 5.74) is 0.838. The molecule has 2 aromatic heterocycles. The number of hydrogen-bond donors (Lipinski definition) is 1. The van der Waals surface area contributed by atoms with E-state index in [1.54, 1.807) is 6.33 Å². The summed E-state index contributed by atoms with van der Waals surface area (Å²) in [5, 5.41) is 13.5. The molecule has 0 fully saturated rings. The van der Waals surface area contributed by atoms with E-state index in [1.165, 1.54) is 0 Å². The number of tetrazole rings is 1. The first kappa shape index (κ1) is 8.18. The van der Waals surface area contributed by atoms with E-state index in [-0.39, 0.29) is 0 Å². The van der Waals surface area contributed by atoms with Crippen LogP contribution in [0.3, 0.4) is 0 Å². The molecule has 2 aromatic rings. The van der Waals surface area contributed by atoms with Crippen molar-refractivity contribution in [3.05, 3.63) is 24.0 Å². The van der Waals surface area contributed by atoms with E-state index in [4.69, 9.17) is 11.6 Å². The Morgan fingerprint density at radius 2 is 2.46 bits per heavy atom. The number of aromatic amines is 1. The van der Waals surface area contributed by atoms with Crippen LogP contribution < -0.4 is 0 Å². The lowest BCUT2D eigenvalue weighted by Gasteiger charge is -1.93. The zero-order chi connectivity index (χ0) is 9.10. The molecule has 0 radical (unpaired) electrons. The summed E-state index contributed by atoms with van der Waals surface area (Å²) in [5.74, 6) is 1.04. The Morgan fingerprint density at radius 3 is 3.08 bits per heavy atom. The van der Waals surface area contributed by atoms with E-state index >= 15 is 0 Å². The predicted molar refractivity (Wildman–Crippen MR) is 45.1 cm³/mol. The van der Waals surface area contributed by atoms with E-state index in [0.29, 0.717) is 18.2 Å². The van der Waals surface area contributed by atoms with E-state index in [1.807, 2.05) is 10.8 Å². The molecule has 6 nitrogen and oxygen atoms in total. The monoisotopic (exact) mass is 198 g/mol. The molecular formula is C6H7ClN6. The SMILES string of the molecule is ClCc1cn(Cc2nn[nH]n2)cn1. The van der Waals surface area contributed by atoms with Crippen molar-refractivity contribution in [1.82, 2.24) is 30.2 Å². The molecule has 0 aromatic carbocycles. The van der Waals surface area contributed by atoms with Gasteiger partial charge in [-0.05, 0) is 0 Å². The van der Waals surface area contributed by atoms with E-state index < -0.39 is 0 Å². The number of imidazole rings is 1. The summed E-state index contributed by atoms with van der Waals surface area (Å²) in [6.07, 6.45) is 3.54. The van der Waals surface area contributed by atoms with Crippen molar-refractivity contribution in [1.29, 1.82) is 0 Å². The van der Waals surface area contributed by atoms with Crippen molar-refractivity contribution in [2.75, 3.05) is 0 Å². The molecule has 0 atom stereocenters. The van der Waals surface area contributed by atoms with E-state index in [9.17, 15) is 0 Å². The lowest BCUT2D eigenvalue weighted by atomic mass is 10.5. The van der Waals surface area contributed by atoms with Crippen LogP contribution >= 0.6 is 11.6 Å². The summed E-state index contributed by atoms with van der Waals surface area (Å²) in [7, 11) is 0. The molecule has 0 aliphatic carbocycles. The van der Waals surface area contributed by atoms with Crippen LogP contribution in [-0.4, -0.2) is 30.2 Å². The fraction of sp³-hybridized carbons (Fsp3) is 0.333. The van der Waals surface area contributed by atoms with Gasteiger partial charge in [0.15, 0.2) is 5.82 Å². The Labute approximate surface area is 78.9 Å². The van der Waals surface area contributed by atoms with Crippen LogP contribution in [0.25, 0.3) is 0 Å². The smallest absolute Gasteiger partial charge is 0.194 e. The van der Waals surface area contributed by atoms with Crippen LogP contribution in [0, 0.1) is 0 Å². The fourth-order valence-electron chi connectivity index (χ4n) is 0.975. The molecule has 0 saturated carbocycles. The number of rotatable bonds is 3. The maximum atomic E-state index is 5.60. The van der Waals surface area contributed by atoms with Gasteiger partial charge in [-0.25, -0.2) is 4.98 Å². The molecule has 0 saturated heterocycles. The third kappa shape index (κ3) is 1.83. The number of halogens is 1. The van der Waals surface area contributed by atoms with Crippen LogP contribution in [0.5, 0.6) is 0 Å². The van der Waals surface area contributed by atoms with Crippen molar-refractivity contribution in [2.24, 2.45) is 0 Å². The average Bonchev–Trinajstić information content (AvgIpc) is 2.76. The maximum absolute atomic E-state index is 5.60. The molecule has 2 rings (SSSR count). The molecule has 0 unspecified atom stereocenters. The highest BCUT2D eigenvalue weighted by Crippen LogP contribution is 2.01. The Hall–Kier alpha value is -1.43. The van der Waals surface area contributed by atoms with Crippen LogP contribution in [-0.2, 0) is 12.4 Å². The first-order valence-electron chi connectivity index (χ1n) is 3.67. The second-order valence-electron chi connectivity index (χ2n) is 2.50. The van der Waals surface area contributed by atoms with Crippen molar-refractivity contribution in [3.8, 4) is 0 Å². The Bertz CT molecular complexity index is 366. The minimum absolute atomic E-state index is 0.416. The first-order chi connectivity index (χ1) is 6.38. The van der Waals surface area contributed by atoms with Crippen LogP contribution in [0.1, 0.15) is 11.5 Å². The predicted octanol–water partition coefficient (Wildman–Crippen LogP) is 0.183. The standard InChI is InChI=1S/C6H7ClN6/c7-1-5-2-13(4-8-5)3-6-9-11-12-10-6/h2,4H,1,3H2,(H,9,10,11,12). The highest BCUT2D eigenvalue weighted by atomic mass is 35.5. The average molecular weight is 199 g/mol. The largest absolute Gasteiger partial charge is 0.329 e. The van der Waals surface area contributed by atoms with Crippen molar-refractivity contribution in [2.45, 2.75) is 12.4 Å². The van der Waals surface area contributed by atoms with Crippen LogP contribution in [0.15, 0.2) is 12.5 Å². The minimum Gasteiger partial charge on any atom is -0.329 e. The topological polar surface area (TPSA) is 72.3 Å². The van der Waals surface area contributed by atoms with Gasteiger partial charge in [-0.2, -0.15) is 5.21 Å².